The minimum Gasteiger partial charge on any atom is -0.497 e. The van der Waals surface area contributed by atoms with E-state index in [0.717, 1.165) is 41.6 Å². The van der Waals surface area contributed by atoms with Gasteiger partial charge in [0.1, 0.15) is 11.8 Å². The Labute approximate surface area is 186 Å². The number of para-hydroxylation sites is 2. The molecule has 0 bridgehead atoms. The highest BCUT2D eigenvalue weighted by Gasteiger charge is 2.16. The fraction of sp³-hybridized carbons (Fsp3) is 0.333. The Balaban J connectivity index is 1.17. The molecule has 4 aromatic rings. The van der Waals surface area contributed by atoms with Crippen molar-refractivity contribution in [1.82, 2.24) is 25.0 Å². The molecule has 0 saturated heterocycles. The highest BCUT2D eigenvalue weighted by atomic mass is 16.5. The summed E-state index contributed by atoms with van der Waals surface area (Å²) in [4.78, 5) is 21.3. The van der Waals surface area contributed by atoms with Crippen molar-refractivity contribution in [3.05, 3.63) is 60.7 Å². The molecule has 0 saturated carbocycles. The number of nitrogens with zero attached hydrogens (tertiary/aromatic N) is 4. The maximum atomic E-state index is 12.5. The predicted octanol–water partition coefficient (Wildman–Crippen LogP) is 4.19. The number of rotatable bonds is 10. The van der Waals surface area contributed by atoms with Crippen molar-refractivity contribution in [3.8, 4) is 17.1 Å². The Morgan fingerprint density at radius 1 is 1.12 bits per heavy atom. The molecule has 0 fully saturated rings. The molecule has 0 spiro atoms. The molecule has 8 heteroatoms. The van der Waals surface area contributed by atoms with Gasteiger partial charge in [-0.15, -0.1) is 0 Å². The molecule has 8 nitrogen and oxygen atoms in total. The smallest absolute Gasteiger partial charge is 0.242 e. The number of fused-ring (bicyclic) bond motifs is 1. The number of carbonyl (C=O) groups is 1. The molecule has 0 aliphatic rings. The van der Waals surface area contributed by atoms with Gasteiger partial charge in [0.05, 0.1) is 24.5 Å². The Morgan fingerprint density at radius 3 is 2.75 bits per heavy atom. The lowest BCUT2D eigenvalue weighted by atomic mass is 10.2. The lowest BCUT2D eigenvalue weighted by molar-refractivity contribution is -0.123. The Kier molecular flexibility index (Phi) is 6.79. The van der Waals surface area contributed by atoms with E-state index in [1.54, 1.807) is 13.4 Å². The van der Waals surface area contributed by atoms with Gasteiger partial charge in [0, 0.05) is 18.5 Å². The number of imidazole rings is 1. The van der Waals surface area contributed by atoms with Gasteiger partial charge in [0.2, 0.25) is 17.6 Å². The van der Waals surface area contributed by atoms with Crippen LogP contribution in [0.4, 0.5) is 0 Å². The topological polar surface area (TPSA) is 95.1 Å². The highest BCUT2D eigenvalue weighted by Crippen LogP contribution is 2.20. The van der Waals surface area contributed by atoms with E-state index < -0.39 is 0 Å². The second-order valence-corrected chi connectivity index (χ2v) is 7.66. The Bertz CT molecular complexity index is 1170. The SMILES string of the molecule is COc1ccc(-c2noc(CCCCCNC(=O)C(C)n3cnc4ccccc43)n2)cc1. The van der Waals surface area contributed by atoms with Gasteiger partial charge in [-0.05, 0) is 56.2 Å². The van der Waals surface area contributed by atoms with E-state index in [-0.39, 0.29) is 11.9 Å². The molecule has 0 aliphatic carbocycles. The van der Waals surface area contributed by atoms with Gasteiger partial charge in [-0.2, -0.15) is 4.98 Å². The monoisotopic (exact) mass is 433 g/mol. The first kappa shape index (κ1) is 21.5. The molecule has 1 unspecified atom stereocenters. The predicted molar refractivity (Wildman–Crippen MR) is 121 cm³/mol. The van der Waals surface area contributed by atoms with Gasteiger partial charge < -0.3 is 19.1 Å². The van der Waals surface area contributed by atoms with Crippen LogP contribution in [0.5, 0.6) is 5.75 Å². The van der Waals surface area contributed by atoms with Crippen LogP contribution >= 0.6 is 0 Å². The van der Waals surface area contributed by atoms with Crippen LogP contribution in [-0.4, -0.2) is 39.3 Å². The third kappa shape index (κ3) is 4.96. The number of hydrogen-bond donors (Lipinski definition) is 1. The summed E-state index contributed by atoms with van der Waals surface area (Å²) < 4.78 is 12.4. The average molecular weight is 434 g/mol. The van der Waals surface area contributed by atoms with Crippen LogP contribution in [-0.2, 0) is 11.2 Å². The number of carbonyl (C=O) groups excluding carboxylic acids is 1. The van der Waals surface area contributed by atoms with E-state index in [2.05, 4.69) is 20.4 Å². The first-order valence-electron chi connectivity index (χ1n) is 10.8. The number of methoxy groups -OCH3 is 1. The molecule has 4 rings (SSSR count). The van der Waals surface area contributed by atoms with Gasteiger partial charge in [0.15, 0.2) is 0 Å². The molecule has 1 amide bonds. The molecule has 1 N–H and O–H groups in total. The number of amides is 1. The highest BCUT2D eigenvalue weighted by molar-refractivity contribution is 5.83. The van der Waals surface area contributed by atoms with Gasteiger partial charge in [-0.3, -0.25) is 4.79 Å². The molecular formula is C24H27N5O3. The lowest BCUT2D eigenvalue weighted by Gasteiger charge is -2.14. The molecule has 0 radical (unpaired) electrons. The van der Waals surface area contributed by atoms with Crippen molar-refractivity contribution in [2.45, 2.75) is 38.6 Å². The normalized spacial score (nSPS) is 12.1. The Morgan fingerprint density at radius 2 is 1.94 bits per heavy atom. The average Bonchev–Trinajstić information content (AvgIpc) is 3.48. The summed E-state index contributed by atoms with van der Waals surface area (Å²) in [6.07, 6.45) is 5.21. The van der Waals surface area contributed by atoms with Crippen LogP contribution < -0.4 is 10.1 Å². The van der Waals surface area contributed by atoms with Crippen molar-refractivity contribution in [3.63, 3.8) is 0 Å². The van der Waals surface area contributed by atoms with Gasteiger partial charge in [0.25, 0.3) is 0 Å². The molecular weight excluding hydrogens is 406 g/mol. The zero-order chi connectivity index (χ0) is 22.3. The molecule has 2 aromatic heterocycles. The number of hydrogen-bond acceptors (Lipinski definition) is 6. The number of nitrogens with one attached hydrogen (secondary N) is 1. The molecule has 32 heavy (non-hydrogen) atoms. The summed E-state index contributed by atoms with van der Waals surface area (Å²) in [5.41, 5.74) is 2.75. The molecule has 1 atom stereocenters. The largest absolute Gasteiger partial charge is 0.497 e. The van der Waals surface area contributed by atoms with E-state index in [1.807, 2.05) is 60.0 Å². The number of unbranched alkanes of at least 4 members (excludes halogenated alkanes) is 2. The van der Waals surface area contributed by atoms with Gasteiger partial charge in [-0.1, -0.05) is 23.7 Å². The zero-order valence-electron chi connectivity index (χ0n) is 18.3. The van der Waals surface area contributed by atoms with Crippen molar-refractivity contribution >= 4 is 16.9 Å². The Hall–Kier alpha value is -3.68. The summed E-state index contributed by atoms with van der Waals surface area (Å²) in [6, 6.07) is 15.1. The lowest BCUT2D eigenvalue weighted by Crippen LogP contribution is -2.31. The van der Waals surface area contributed by atoms with E-state index >= 15 is 0 Å². The second kappa shape index (κ2) is 10.1. The molecule has 166 valence electrons. The van der Waals surface area contributed by atoms with Crippen LogP contribution in [0.25, 0.3) is 22.4 Å². The minimum atomic E-state index is -0.308. The van der Waals surface area contributed by atoms with Crippen molar-refractivity contribution in [1.29, 1.82) is 0 Å². The molecule has 2 aromatic carbocycles. The maximum Gasteiger partial charge on any atom is 0.242 e. The first-order valence-corrected chi connectivity index (χ1v) is 10.8. The molecule has 0 aliphatic heterocycles. The summed E-state index contributed by atoms with van der Waals surface area (Å²) in [5, 5.41) is 7.07. The standard InChI is InChI=1S/C24H27N5O3/c1-17(29-16-26-20-8-5-6-9-21(20)29)24(30)25-15-7-3-4-10-22-27-23(28-32-22)18-11-13-19(31-2)14-12-18/h5-6,8-9,11-14,16-17H,3-4,7,10,15H2,1-2H3,(H,25,30). The van der Waals surface area contributed by atoms with Crippen molar-refractivity contribution in [2.75, 3.05) is 13.7 Å². The van der Waals surface area contributed by atoms with E-state index in [1.165, 1.54) is 0 Å². The number of benzene rings is 2. The first-order chi connectivity index (χ1) is 15.7. The fourth-order valence-corrected chi connectivity index (χ4v) is 3.56. The summed E-state index contributed by atoms with van der Waals surface area (Å²) >= 11 is 0. The van der Waals surface area contributed by atoms with E-state index in [4.69, 9.17) is 9.26 Å². The second-order valence-electron chi connectivity index (χ2n) is 7.66. The molecule has 2 heterocycles. The van der Waals surface area contributed by atoms with Crippen molar-refractivity contribution < 1.29 is 14.1 Å². The number of aryl methyl sites for hydroxylation is 1. The van der Waals surface area contributed by atoms with Crippen LogP contribution in [0.2, 0.25) is 0 Å². The maximum absolute atomic E-state index is 12.5. The van der Waals surface area contributed by atoms with Crippen LogP contribution in [0.3, 0.4) is 0 Å². The summed E-state index contributed by atoms with van der Waals surface area (Å²) in [5.74, 6) is 1.99. The third-order valence-electron chi connectivity index (χ3n) is 5.46. The van der Waals surface area contributed by atoms with E-state index in [9.17, 15) is 4.79 Å². The van der Waals surface area contributed by atoms with Crippen LogP contribution in [0.15, 0.2) is 59.4 Å². The summed E-state index contributed by atoms with van der Waals surface area (Å²) in [7, 11) is 1.63. The number of ether oxygens (including phenoxy) is 1. The third-order valence-corrected chi connectivity index (χ3v) is 5.46. The van der Waals surface area contributed by atoms with Crippen LogP contribution in [0.1, 0.15) is 38.1 Å². The van der Waals surface area contributed by atoms with Gasteiger partial charge >= 0.3 is 0 Å². The fourth-order valence-electron chi connectivity index (χ4n) is 3.56. The quantitative estimate of drug-likeness (QED) is 0.377. The minimum absolute atomic E-state index is 0.00538. The van der Waals surface area contributed by atoms with Crippen LogP contribution in [0, 0.1) is 0 Å². The summed E-state index contributed by atoms with van der Waals surface area (Å²) in [6.45, 7) is 2.52. The number of aromatic nitrogens is 4. The van der Waals surface area contributed by atoms with Crippen molar-refractivity contribution in [2.24, 2.45) is 0 Å². The van der Waals surface area contributed by atoms with E-state index in [0.29, 0.717) is 24.7 Å². The van der Waals surface area contributed by atoms with Gasteiger partial charge in [-0.25, -0.2) is 4.98 Å². The zero-order valence-corrected chi connectivity index (χ0v) is 18.3.